The molecule has 0 bridgehead atoms. The highest BCUT2D eigenvalue weighted by Gasteiger charge is 2.49. The van der Waals surface area contributed by atoms with Crippen molar-refractivity contribution in [3.63, 3.8) is 0 Å². The van der Waals surface area contributed by atoms with Gasteiger partial charge in [0.05, 0.1) is 6.54 Å². The van der Waals surface area contributed by atoms with E-state index in [1.165, 1.54) is 23.5 Å². The molecule has 0 radical (unpaired) electrons. The molecule has 0 aliphatic carbocycles. The molecule has 108 valence electrons. The van der Waals surface area contributed by atoms with Crippen molar-refractivity contribution in [1.82, 2.24) is 10.2 Å². The third kappa shape index (κ3) is 2.31. The van der Waals surface area contributed by atoms with Crippen LogP contribution in [0.1, 0.15) is 17.4 Å². The summed E-state index contributed by atoms with van der Waals surface area (Å²) in [6.45, 7) is 1.74. The maximum Gasteiger partial charge on any atom is 0.325 e. The molecule has 1 fully saturated rings. The van der Waals surface area contributed by atoms with Gasteiger partial charge in [0.1, 0.15) is 5.82 Å². The average molecular weight is 304 g/mol. The molecule has 2 aromatic rings. The molecule has 1 N–H and O–H groups in total. The van der Waals surface area contributed by atoms with Crippen LogP contribution in [0.4, 0.5) is 9.18 Å². The minimum Gasteiger partial charge on any atom is -0.319 e. The Morgan fingerprint density at radius 2 is 2.10 bits per heavy atom. The molecule has 1 aliphatic rings. The number of nitrogens with one attached hydrogen (secondary N) is 1. The van der Waals surface area contributed by atoms with E-state index < -0.39 is 11.6 Å². The zero-order valence-corrected chi connectivity index (χ0v) is 12.1. The van der Waals surface area contributed by atoms with E-state index in [1.54, 1.807) is 19.1 Å². The van der Waals surface area contributed by atoms with Crippen molar-refractivity contribution in [1.29, 1.82) is 0 Å². The number of carbonyl (C=O) groups excluding carboxylic acids is 2. The van der Waals surface area contributed by atoms with Crippen molar-refractivity contribution in [3.8, 4) is 0 Å². The summed E-state index contributed by atoms with van der Waals surface area (Å²) < 4.78 is 13.2. The van der Waals surface area contributed by atoms with Crippen molar-refractivity contribution in [2.75, 3.05) is 0 Å². The molecular weight excluding hydrogens is 291 g/mol. The molecular formula is C15H13FN2O2S. The molecule has 0 saturated carbocycles. The topological polar surface area (TPSA) is 49.4 Å². The first-order valence-corrected chi connectivity index (χ1v) is 7.31. The van der Waals surface area contributed by atoms with Crippen LogP contribution in [0.15, 0.2) is 41.8 Å². The van der Waals surface area contributed by atoms with E-state index in [-0.39, 0.29) is 18.3 Å². The molecule has 2 heterocycles. The second-order valence-electron chi connectivity index (χ2n) is 5.05. The predicted octanol–water partition coefficient (Wildman–Crippen LogP) is 2.85. The standard InChI is InChI=1S/C15H13FN2O2S/c1-15(12-6-3-7-21-12)13(19)18(14(20)17-15)9-10-4-2-5-11(16)8-10/h2-8H,9H2,1H3,(H,17,20)/t15-/m0/s1. The van der Waals surface area contributed by atoms with Crippen molar-refractivity contribution in [2.24, 2.45) is 0 Å². The fourth-order valence-corrected chi connectivity index (χ4v) is 3.22. The fourth-order valence-electron chi connectivity index (χ4n) is 2.39. The number of carbonyl (C=O) groups is 2. The Balaban J connectivity index is 1.88. The number of nitrogens with zero attached hydrogens (tertiary/aromatic N) is 1. The SMILES string of the molecule is C[C@@]1(c2cccs2)NC(=O)N(Cc2cccc(F)c2)C1=O. The molecule has 1 saturated heterocycles. The first-order chi connectivity index (χ1) is 10.0. The minimum absolute atomic E-state index is 0.0589. The first-order valence-electron chi connectivity index (χ1n) is 6.43. The fraction of sp³-hybridized carbons (Fsp3) is 0.200. The van der Waals surface area contributed by atoms with Crippen LogP contribution in [-0.4, -0.2) is 16.8 Å². The van der Waals surface area contributed by atoms with E-state index in [9.17, 15) is 14.0 Å². The molecule has 6 heteroatoms. The maximum absolute atomic E-state index is 13.2. The van der Waals surface area contributed by atoms with Gasteiger partial charge in [-0.2, -0.15) is 0 Å². The van der Waals surface area contributed by atoms with Gasteiger partial charge in [0.15, 0.2) is 5.54 Å². The maximum atomic E-state index is 13.2. The van der Waals surface area contributed by atoms with Gasteiger partial charge < -0.3 is 5.32 Å². The van der Waals surface area contributed by atoms with Crippen LogP contribution in [0.2, 0.25) is 0 Å². The molecule has 4 nitrogen and oxygen atoms in total. The Kier molecular flexibility index (Phi) is 3.25. The van der Waals surface area contributed by atoms with Gasteiger partial charge in [-0.1, -0.05) is 18.2 Å². The van der Waals surface area contributed by atoms with Gasteiger partial charge in [-0.25, -0.2) is 9.18 Å². The number of hydrogen-bond acceptors (Lipinski definition) is 3. The van der Waals surface area contributed by atoms with Crippen LogP contribution in [0, 0.1) is 5.82 Å². The van der Waals surface area contributed by atoms with Gasteiger partial charge in [-0.3, -0.25) is 9.69 Å². The van der Waals surface area contributed by atoms with Crippen molar-refractivity contribution >= 4 is 23.3 Å². The summed E-state index contributed by atoms with van der Waals surface area (Å²) >= 11 is 1.41. The summed E-state index contributed by atoms with van der Waals surface area (Å²) in [5.41, 5.74) is -0.465. The van der Waals surface area contributed by atoms with E-state index >= 15 is 0 Å². The highest BCUT2D eigenvalue weighted by Crippen LogP contribution is 2.32. The van der Waals surface area contributed by atoms with Gasteiger partial charge in [-0.15, -0.1) is 11.3 Å². The second-order valence-corrected chi connectivity index (χ2v) is 6.00. The van der Waals surface area contributed by atoms with Crippen molar-refractivity contribution < 1.29 is 14.0 Å². The molecule has 21 heavy (non-hydrogen) atoms. The molecule has 3 amide bonds. The van der Waals surface area contributed by atoms with Crippen LogP contribution in [0.5, 0.6) is 0 Å². The normalized spacial score (nSPS) is 21.7. The Morgan fingerprint density at radius 1 is 1.29 bits per heavy atom. The van der Waals surface area contributed by atoms with E-state index in [2.05, 4.69) is 5.32 Å². The number of amides is 3. The average Bonchev–Trinajstić information content (AvgIpc) is 3.04. The number of urea groups is 1. The zero-order valence-electron chi connectivity index (χ0n) is 11.3. The van der Waals surface area contributed by atoms with Gasteiger partial charge in [-0.05, 0) is 36.1 Å². The van der Waals surface area contributed by atoms with Gasteiger partial charge in [0.25, 0.3) is 5.91 Å². The number of thiophene rings is 1. The highest BCUT2D eigenvalue weighted by atomic mass is 32.1. The number of imide groups is 1. The molecule has 3 rings (SSSR count). The van der Waals surface area contributed by atoms with Crippen LogP contribution < -0.4 is 5.32 Å². The van der Waals surface area contributed by atoms with Gasteiger partial charge in [0.2, 0.25) is 0 Å². The Bertz CT molecular complexity index is 701. The Morgan fingerprint density at radius 3 is 2.76 bits per heavy atom. The second kappa shape index (κ2) is 4.96. The van der Waals surface area contributed by atoms with Crippen LogP contribution in [-0.2, 0) is 16.9 Å². The van der Waals surface area contributed by atoms with Crippen molar-refractivity contribution in [2.45, 2.75) is 19.0 Å². The minimum atomic E-state index is -1.04. The van der Waals surface area contributed by atoms with E-state index in [4.69, 9.17) is 0 Å². The first kappa shape index (κ1) is 13.8. The monoisotopic (exact) mass is 304 g/mol. The Hall–Kier alpha value is -2.21. The summed E-state index contributed by atoms with van der Waals surface area (Å²) in [4.78, 5) is 26.6. The highest BCUT2D eigenvalue weighted by molar-refractivity contribution is 7.10. The smallest absolute Gasteiger partial charge is 0.319 e. The molecule has 1 aromatic heterocycles. The lowest BCUT2D eigenvalue weighted by Gasteiger charge is -2.20. The molecule has 1 aromatic carbocycles. The zero-order chi connectivity index (χ0) is 15.0. The molecule has 0 unspecified atom stereocenters. The van der Waals surface area contributed by atoms with Gasteiger partial charge in [0, 0.05) is 4.88 Å². The molecule has 0 spiro atoms. The summed E-state index contributed by atoms with van der Waals surface area (Å²) in [5.74, 6) is -0.709. The van der Waals surface area contributed by atoms with Crippen molar-refractivity contribution in [3.05, 3.63) is 58.0 Å². The Labute approximate surface area is 125 Å². The lowest BCUT2D eigenvalue weighted by Crippen LogP contribution is -2.40. The number of halogens is 1. The predicted molar refractivity (Wildman–Crippen MR) is 77.2 cm³/mol. The van der Waals surface area contributed by atoms with Crippen LogP contribution in [0.25, 0.3) is 0 Å². The van der Waals surface area contributed by atoms with Gasteiger partial charge >= 0.3 is 6.03 Å². The largest absolute Gasteiger partial charge is 0.325 e. The number of rotatable bonds is 3. The summed E-state index contributed by atoms with van der Waals surface area (Å²) in [7, 11) is 0. The lowest BCUT2D eigenvalue weighted by molar-refractivity contribution is -0.131. The van der Waals surface area contributed by atoms with Crippen LogP contribution >= 0.6 is 11.3 Å². The summed E-state index contributed by atoms with van der Waals surface area (Å²) in [6.07, 6.45) is 0. The molecule has 1 aliphatic heterocycles. The number of hydrogen-bond donors (Lipinski definition) is 1. The lowest BCUT2D eigenvalue weighted by atomic mass is 10.0. The quantitative estimate of drug-likeness (QED) is 0.887. The van der Waals surface area contributed by atoms with E-state index in [0.717, 1.165) is 9.78 Å². The third-order valence-corrected chi connectivity index (χ3v) is 4.61. The number of benzene rings is 1. The van der Waals surface area contributed by atoms with Crippen LogP contribution in [0.3, 0.4) is 0 Å². The third-order valence-electron chi connectivity index (χ3n) is 3.52. The summed E-state index contributed by atoms with van der Waals surface area (Å²) in [6, 6.07) is 9.08. The van der Waals surface area contributed by atoms with E-state index in [0.29, 0.717) is 5.56 Å². The van der Waals surface area contributed by atoms with E-state index in [1.807, 2.05) is 17.5 Å². The molecule has 1 atom stereocenters. The summed E-state index contributed by atoms with van der Waals surface area (Å²) in [5, 5.41) is 4.58.